The Morgan fingerprint density at radius 3 is 3.00 bits per heavy atom. The molecule has 1 rings (SSSR count). The Labute approximate surface area is 104 Å². The molecule has 1 aromatic heterocycles. The van der Waals surface area contributed by atoms with Crippen molar-refractivity contribution >= 4 is 29.5 Å². The second-order valence-electron chi connectivity index (χ2n) is 3.01. The van der Waals surface area contributed by atoms with Crippen molar-refractivity contribution in [1.82, 2.24) is 9.97 Å². The van der Waals surface area contributed by atoms with Gasteiger partial charge < -0.3 is 21.1 Å². The zero-order valence-corrected chi connectivity index (χ0v) is 10.1. The molecule has 17 heavy (non-hydrogen) atoms. The topological polar surface area (TPSA) is 102 Å². The highest BCUT2D eigenvalue weighted by atomic mass is 35.5. The molecule has 0 atom stereocenters. The van der Waals surface area contributed by atoms with Crippen LogP contribution < -0.4 is 16.4 Å². The third-order valence-corrected chi connectivity index (χ3v) is 1.99. The summed E-state index contributed by atoms with van der Waals surface area (Å²) in [5, 5.41) is 6.26. The predicted octanol–water partition coefficient (Wildman–Crippen LogP) is 1.07. The highest BCUT2D eigenvalue weighted by Gasteiger charge is 2.04. The van der Waals surface area contributed by atoms with E-state index in [1.165, 1.54) is 6.20 Å². The van der Waals surface area contributed by atoms with Gasteiger partial charge in [0.25, 0.3) is 0 Å². The fourth-order valence-corrected chi connectivity index (χ4v) is 1.21. The Hall–Kier alpha value is -1.76. The summed E-state index contributed by atoms with van der Waals surface area (Å²) in [6.07, 6.45) is 0.679. The number of rotatable bonds is 6. The van der Waals surface area contributed by atoms with Gasteiger partial charge in [0.15, 0.2) is 5.82 Å². The predicted molar refractivity (Wildman–Crippen MR) is 65.2 cm³/mol. The van der Waals surface area contributed by atoms with Gasteiger partial charge in [-0.3, -0.25) is 0 Å². The van der Waals surface area contributed by atoms with E-state index in [0.29, 0.717) is 29.9 Å². The lowest BCUT2D eigenvalue weighted by Gasteiger charge is -2.08. The van der Waals surface area contributed by atoms with Crippen LogP contribution in [0.15, 0.2) is 6.20 Å². The molecule has 0 aliphatic rings. The maximum absolute atomic E-state index is 10.3. The van der Waals surface area contributed by atoms with Crippen molar-refractivity contribution in [2.24, 2.45) is 5.73 Å². The standard InChI is InChI=1S/C9H14ClN5O2/c1-2-12-9-14-5-6(10)7(15-9)13-3-4-17-8(11)16/h5H,2-4H2,1H3,(H2,11,16)(H2,12,13,14,15). The van der Waals surface area contributed by atoms with Crippen molar-refractivity contribution in [2.45, 2.75) is 6.92 Å². The third kappa shape index (κ3) is 4.73. The highest BCUT2D eigenvalue weighted by molar-refractivity contribution is 6.32. The van der Waals surface area contributed by atoms with Crippen LogP contribution >= 0.6 is 11.6 Å². The maximum atomic E-state index is 10.3. The third-order valence-electron chi connectivity index (χ3n) is 1.72. The highest BCUT2D eigenvalue weighted by Crippen LogP contribution is 2.18. The fourth-order valence-electron chi connectivity index (χ4n) is 1.06. The van der Waals surface area contributed by atoms with Crippen molar-refractivity contribution in [3.8, 4) is 0 Å². The summed E-state index contributed by atoms with van der Waals surface area (Å²) in [5.41, 5.74) is 4.81. The fraction of sp³-hybridized carbons (Fsp3) is 0.444. The molecule has 8 heteroatoms. The van der Waals surface area contributed by atoms with E-state index in [2.05, 4.69) is 25.3 Å². The first kappa shape index (κ1) is 13.3. The number of anilines is 2. The first-order chi connectivity index (χ1) is 8.13. The Kier molecular flexibility index (Phi) is 5.28. The molecule has 0 aliphatic carbocycles. The van der Waals surface area contributed by atoms with Gasteiger partial charge in [0.2, 0.25) is 5.95 Å². The number of hydrogen-bond donors (Lipinski definition) is 3. The van der Waals surface area contributed by atoms with Gasteiger partial charge in [-0.25, -0.2) is 9.78 Å². The summed E-state index contributed by atoms with van der Waals surface area (Å²) in [4.78, 5) is 18.5. The molecule has 0 saturated heterocycles. The van der Waals surface area contributed by atoms with Crippen molar-refractivity contribution in [3.05, 3.63) is 11.2 Å². The van der Waals surface area contributed by atoms with E-state index in [4.69, 9.17) is 17.3 Å². The van der Waals surface area contributed by atoms with Crippen LogP contribution in [-0.2, 0) is 4.74 Å². The number of primary amides is 1. The lowest BCUT2D eigenvalue weighted by atomic mass is 10.5. The second-order valence-corrected chi connectivity index (χ2v) is 3.42. The summed E-state index contributed by atoms with van der Waals surface area (Å²) >= 11 is 5.89. The van der Waals surface area contributed by atoms with Crippen molar-refractivity contribution in [3.63, 3.8) is 0 Å². The minimum atomic E-state index is -0.811. The molecule has 0 bridgehead atoms. The number of nitrogens with one attached hydrogen (secondary N) is 2. The minimum absolute atomic E-state index is 0.145. The maximum Gasteiger partial charge on any atom is 0.404 e. The molecule has 94 valence electrons. The van der Waals surface area contributed by atoms with E-state index in [1.54, 1.807) is 0 Å². The second kappa shape index (κ2) is 6.74. The summed E-state index contributed by atoms with van der Waals surface area (Å²) < 4.78 is 4.56. The van der Waals surface area contributed by atoms with Gasteiger partial charge >= 0.3 is 6.09 Å². The normalized spacial score (nSPS) is 9.76. The largest absolute Gasteiger partial charge is 0.448 e. The number of amides is 1. The SMILES string of the molecule is CCNc1ncc(Cl)c(NCCOC(N)=O)n1. The minimum Gasteiger partial charge on any atom is -0.448 e. The molecule has 1 amide bonds. The van der Waals surface area contributed by atoms with Gasteiger partial charge in [-0.15, -0.1) is 0 Å². The van der Waals surface area contributed by atoms with Gasteiger partial charge in [-0.05, 0) is 6.92 Å². The number of nitrogens with zero attached hydrogens (tertiary/aromatic N) is 2. The molecule has 0 aliphatic heterocycles. The van der Waals surface area contributed by atoms with Crippen LogP contribution in [0.1, 0.15) is 6.92 Å². The molecule has 0 saturated carbocycles. The van der Waals surface area contributed by atoms with Gasteiger partial charge in [0.1, 0.15) is 11.6 Å². The number of ether oxygens (including phenoxy) is 1. The van der Waals surface area contributed by atoms with E-state index < -0.39 is 6.09 Å². The van der Waals surface area contributed by atoms with E-state index in [9.17, 15) is 4.79 Å². The van der Waals surface area contributed by atoms with E-state index >= 15 is 0 Å². The zero-order chi connectivity index (χ0) is 12.7. The first-order valence-electron chi connectivity index (χ1n) is 5.06. The zero-order valence-electron chi connectivity index (χ0n) is 9.36. The number of aromatic nitrogens is 2. The first-order valence-corrected chi connectivity index (χ1v) is 5.43. The van der Waals surface area contributed by atoms with Gasteiger partial charge in [-0.2, -0.15) is 4.98 Å². The van der Waals surface area contributed by atoms with E-state index in [1.807, 2.05) is 6.92 Å². The number of carbonyl (C=O) groups excluding carboxylic acids is 1. The number of halogens is 1. The van der Waals surface area contributed by atoms with E-state index in [-0.39, 0.29) is 6.61 Å². The number of hydrogen-bond acceptors (Lipinski definition) is 6. The molecule has 1 heterocycles. The van der Waals surface area contributed by atoms with Crippen LogP contribution in [0, 0.1) is 0 Å². The Morgan fingerprint density at radius 1 is 1.59 bits per heavy atom. The average Bonchev–Trinajstić information content (AvgIpc) is 2.28. The molecule has 0 spiro atoms. The van der Waals surface area contributed by atoms with Crippen molar-refractivity contribution < 1.29 is 9.53 Å². The molecule has 0 aromatic carbocycles. The summed E-state index contributed by atoms with van der Waals surface area (Å²) in [5.74, 6) is 0.959. The molecule has 4 N–H and O–H groups in total. The molecule has 0 fully saturated rings. The van der Waals surface area contributed by atoms with Crippen molar-refractivity contribution in [1.29, 1.82) is 0 Å². The van der Waals surface area contributed by atoms with Gasteiger partial charge in [-0.1, -0.05) is 11.6 Å². The molecule has 1 aromatic rings. The summed E-state index contributed by atoms with van der Waals surface area (Å²) in [7, 11) is 0. The van der Waals surface area contributed by atoms with Crippen LogP contribution in [0.5, 0.6) is 0 Å². The number of nitrogens with two attached hydrogens (primary N) is 1. The molecular weight excluding hydrogens is 246 g/mol. The van der Waals surface area contributed by atoms with Crippen LogP contribution in [0.3, 0.4) is 0 Å². The molecule has 0 radical (unpaired) electrons. The monoisotopic (exact) mass is 259 g/mol. The smallest absolute Gasteiger partial charge is 0.404 e. The summed E-state index contributed by atoms with van der Waals surface area (Å²) in [6.45, 7) is 3.16. The van der Waals surface area contributed by atoms with Crippen LogP contribution in [0.4, 0.5) is 16.6 Å². The van der Waals surface area contributed by atoms with Gasteiger partial charge in [0.05, 0.1) is 12.7 Å². The summed E-state index contributed by atoms with van der Waals surface area (Å²) in [6, 6.07) is 0. The van der Waals surface area contributed by atoms with Crippen LogP contribution in [0.2, 0.25) is 5.02 Å². The molecule has 0 unspecified atom stereocenters. The number of carbonyl (C=O) groups is 1. The Balaban J connectivity index is 2.51. The average molecular weight is 260 g/mol. The lowest BCUT2D eigenvalue weighted by Crippen LogP contribution is -2.19. The van der Waals surface area contributed by atoms with Crippen LogP contribution in [0.25, 0.3) is 0 Å². The molecular formula is C9H14ClN5O2. The molecule has 7 nitrogen and oxygen atoms in total. The van der Waals surface area contributed by atoms with Gasteiger partial charge in [0, 0.05) is 6.54 Å². The van der Waals surface area contributed by atoms with Crippen molar-refractivity contribution in [2.75, 3.05) is 30.3 Å². The lowest BCUT2D eigenvalue weighted by molar-refractivity contribution is 0.161. The Morgan fingerprint density at radius 2 is 2.35 bits per heavy atom. The Bertz CT molecular complexity index is 388. The van der Waals surface area contributed by atoms with E-state index in [0.717, 1.165) is 0 Å². The quantitative estimate of drug-likeness (QED) is 0.661. The van der Waals surface area contributed by atoms with Crippen LogP contribution in [-0.4, -0.2) is 35.8 Å².